The molecule has 1 atom stereocenters. The van der Waals surface area contributed by atoms with Gasteiger partial charge in [-0.3, -0.25) is 4.79 Å². The molecule has 0 bridgehead atoms. The maximum absolute atomic E-state index is 11.0. The lowest BCUT2D eigenvalue weighted by Crippen LogP contribution is -2.39. The van der Waals surface area contributed by atoms with Crippen molar-refractivity contribution in [2.75, 3.05) is 24.5 Å². The average Bonchev–Trinajstić information content (AvgIpc) is 3.11. The number of carbonyl (C=O) groups is 2. The molecular formula is C18H28N4O3. The van der Waals surface area contributed by atoms with E-state index in [9.17, 15) is 9.59 Å². The molecule has 1 saturated heterocycles. The zero-order chi connectivity index (χ0) is 18.1. The van der Waals surface area contributed by atoms with E-state index in [1.165, 1.54) is 19.8 Å². The van der Waals surface area contributed by atoms with Crippen molar-refractivity contribution in [3.8, 4) is 0 Å². The van der Waals surface area contributed by atoms with Crippen LogP contribution in [0.3, 0.4) is 0 Å². The first-order chi connectivity index (χ1) is 12.1. The summed E-state index contributed by atoms with van der Waals surface area (Å²) in [6, 6.07) is 3.39. The number of hydrogen-bond acceptors (Lipinski definition) is 5. The van der Waals surface area contributed by atoms with Crippen molar-refractivity contribution in [1.82, 2.24) is 15.6 Å². The number of amides is 1. The highest BCUT2D eigenvalue weighted by molar-refractivity contribution is 5.81. The maximum Gasteiger partial charge on any atom is 0.326 e. The molecule has 25 heavy (non-hydrogen) atoms. The Hall–Kier alpha value is -2.15. The lowest BCUT2D eigenvalue weighted by Gasteiger charge is -2.16. The van der Waals surface area contributed by atoms with E-state index in [1.807, 2.05) is 6.20 Å². The summed E-state index contributed by atoms with van der Waals surface area (Å²) in [6.45, 7) is 5.09. The van der Waals surface area contributed by atoms with Gasteiger partial charge in [-0.1, -0.05) is 6.07 Å². The third kappa shape index (κ3) is 6.70. The van der Waals surface area contributed by atoms with E-state index in [2.05, 4.69) is 32.7 Å². The second-order valence-electron chi connectivity index (χ2n) is 6.48. The minimum atomic E-state index is -0.979. The van der Waals surface area contributed by atoms with Gasteiger partial charge in [-0.2, -0.15) is 0 Å². The largest absolute Gasteiger partial charge is 0.480 e. The minimum Gasteiger partial charge on any atom is -0.480 e. The summed E-state index contributed by atoms with van der Waals surface area (Å²) in [6.07, 6.45) is 6.46. The highest BCUT2D eigenvalue weighted by Gasteiger charge is 2.17. The summed E-state index contributed by atoms with van der Waals surface area (Å²) >= 11 is 0. The van der Waals surface area contributed by atoms with Crippen LogP contribution < -0.4 is 15.5 Å². The lowest BCUT2D eigenvalue weighted by atomic mass is 10.1. The van der Waals surface area contributed by atoms with Crippen molar-refractivity contribution in [1.29, 1.82) is 0 Å². The van der Waals surface area contributed by atoms with E-state index < -0.39 is 12.0 Å². The first-order valence-electron chi connectivity index (χ1n) is 8.97. The molecule has 138 valence electrons. The number of hydrogen-bond donors (Lipinski definition) is 3. The van der Waals surface area contributed by atoms with Gasteiger partial charge in [0, 0.05) is 32.8 Å². The maximum atomic E-state index is 11.0. The van der Waals surface area contributed by atoms with Crippen LogP contribution in [-0.2, 0) is 16.1 Å². The van der Waals surface area contributed by atoms with Gasteiger partial charge in [0.25, 0.3) is 0 Å². The van der Waals surface area contributed by atoms with Gasteiger partial charge in [0.1, 0.15) is 11.9 Å². The number of anilines is 1. The fourth-order valence-electron chi connectivity index (χ4n) is 2.99. The fraction of sp³-hybridized carbons (Fsp3) is 0.611. The highest BCUT2D eigenvalue weighted by Crippen LogP contribution is 2.17. The van der Waals surface area contributed by atoms with Crippen molar-refractivity contribution in [3.63, 3.8) is 0 Å². The Kier molecular flexibility index (Phi) is 7.66. The summed E-state index contributed by atoms with van der Waals surface area (Å²) in [4.78, 5) is 28.8. The SMILES string of the molecule is CC(=O)N[C@@H](CCCCNCc1ccc(N2CCCC2)nc1)C(=O)O. The van der Waals surface area contributed by atoms with Crippen molar-refractivity contribution in [2.24, 2.45) is 0 Å². The Morgan fingerprint density at radius 1 is 1.28 bits per heavy atom. The van der Waals surface area contributed by atoms with Gasteiger partial charge in [-0.25, -0.2) is 9.78 Å². The molecule has 1 aromatic heterocycles. The van der Waals surface area contributed by atoms with Crippen molar-refractivity contribution >= 4 is 17.7 Å². The van der Waals surface area contributed by atoms with Crippen LogP contribution in [-0.4, -0.2) is 47.6 Å². The summed E-state index contributed by atoms with van der Waals surface area (Å²) in [5.74, 6) is -0.235. The van der Waals surface area contributed by atoms with E-state index in [1.54, 1.807) is 0 Å². The molecule has 1 aromatic rings. The number of nitrogens with one attached hydrogen (secondary N) is 2. The van der Waals surface area contributed by atoms with Gasteiger partial charge in [0.2, 0.25) is 5.91 Å². The topological polar surface area (TPSA) is 94.6 Å². The Morgan fingerprint density at radius 3 is 2.64 bits per heavy atom. The molecule has 0 radical (unpaired) electrons. The standard InChI is InChI=1S/C18H28N4O3/c1-14(23)21-16(18(24)25)6-2-3-9-19-12-15-7-8-17(20-13-15)22-10-4-5-11-22/h7-8,13,16,19H,2-6,9-12H2,1H3,(H,21,23)(H,24,25)/t16-/m0/s1. The molecule has 1 amide bonds. The van der Waals surface area contributed by atoms with E-state index in [-0.39, 0.29) is 5.91 Å². The van der Waals surface area contributed by atoms with E-state index >= 15 is 0 Å². The first-order valence-corrected chi connectivity index (χ1v) is 8.97. The predicted molar refractivity (Wildman–Crippen MR) is 96.5 cm³/mol. The number of unbranched alkanes of at least 4 members (excludes halogenated alkanes) is 1. The molecule has 0 unspecified atom stereocenters. The highest BCUT2D eigenvalue weighted by atomic mass is 16.4. The van der Waals surface area contributed by atoms with Crippen LogP contribution in [0.25, 0.3) is 0 Å². The average molecular weight is 348 g/mol. The van der Waals surface area contributed by atoms with Crippen LogP contribution in [0.5, 0.6) is 0 Å². The van der Waals surface area contributed by atoms with Crippen LogP contribution in [0.1, 0.15) is 44.6 Å². The lowest BCUT2D eigenvalue weighted by molar-refractivity contribution is -0.141. The number of aliphatic carboxylic acids is 1. The molecular weight excluding hydrogens is 320 g/mol. The van der Waals surface area contributed by atoms with Crippen molar-refractivity contribution in [2.45, 2.75) is 51.6 Å². The number of carbonyl (C=O) groups excluding carboxylic acids is 1. The normalized spacial score (nSPS) is 15.2. The number of carboxylic acids is 1. The summed E-state index contributed by atoms with van der Waals surface area (Å²) < 4.78 is 0. The van der Waals surface area contributed by atoms with E-state index in [0.29, 0.717) is 6.42 Å². The second kappa shape index (κ2) is 9.98. The van der Waals surface area contributed by atoms with Gasteiger partial charge in [0.05, 0.1) is 0 Å². The Labute approximate surface area is 148 Å². The molecule has 0 aliphatic carbocycles. The van der Waals surface area contributed by atoms with Gasteiger partial charge < -0.3 is 20.6 Å². The number of carboxylic acid groups (broad SMARTS) is 1. The molecule has 0 saturated carbocycles. The van der Waals surface area contributed by atoms with Gasteiger partial charge in [-0.15, -0.1) is 0 Å². The Bertz CT molecular complexity index is 556. The van der Waals surface area contributed by atoms with Crippen molar-refractivity contribution in [3.05, 3.63) is 23.9 Å². The zero-order valence-corrected chi connectivity index (χ0v) is 14.8. The second-order valence-corrected chi connectivity index (χ2v) is 6.48. The van der Waals surface area contributed by atoms with E-state index in [0.717, 1.165) is 50.4 Å². The zero-order valence-electron chi connectivity index (χ0n) is 14.8. The number of rotatable bonds is 10. The summed E-state index contributed by atoms with van der Waals surface area (Å²) in [7, 11) is 0. The smallest absolute Gasteiger partial charge is 0.326 e. The summed E-state index contributed by atoms with van der Waals surface area (Å²) in [5.41, 5.74) is 1.14. The van der Waals surface area contributed by atoms with Gasteiger partial charge in [0.15, 0.2) is 0 Å². The van der Waals surface area contributed by atoms with E-state index in [4.69, 9.17) is 5.11 Å². The number of nitrogens with zero attached hydrogens (tertiary/aromatic N) is 2. The monoisotopic (exact) mass is 348 g/mol. The van der Waals surface area contributed by atoms with Crippen LogP contribution in [0.4, 0.5) is 5.82 Å². The quantitative estimate of drug-likeness (QED) is 0.555. The third-order valence-corrected chi connectivity index (χ3v) is 4.34. The Morgan fingerprint density at radius 2 is 2.04 bits per heavy atom. The molecule has 7 heteroatoms. The molecule has 7 nitrogen and oxygen atoms in total. The van der Waals surface area contributed by atoms with Crippen LogP contribution in [0, 0.1) is 0 Å². The first kappa shape index (κ1) is 19.2. The van der Waals surface area contributed by atoms with Crippen LogP contribution in [0.2, 0.25) is 0 Å². The number of pyridine rings is 1. The molecule has 1 aliphatic rings. The molecule has 3 N–H and O–H groups in total. The van der Waals surface area contributed by atoms with Crippen LogP contribution >= 0.6 is 0 Å². The minimum absolute atomic E-state index is 0.310. The van der Waals surface area contributed by atoms with Crippen molar-refractivity contribution < 1.29 is 14.7 Å². The molecule has 1 aliphatic heterocycles. The molecule has 0 spiro atoms. The fourth-order valence-corrected chi connectivity index (χ4v) is 2.99. The molecule has 1 fully saturated rings. The van der Waals surface area contributed by atoms with Crippen LogP contribution in [0.15, 0.2) is 18.3 Å². The van der Waals surface area contributed by atoms with Gasteiger partial charge >= 0.3 is 5.97 Å². The third-order valence-electron chi connectivity index (χ3n) is 4.34. The Balaban J connectivity index is 1.61. The molecule has 0 aromatic carbocycles. The summed E-state index contributed by atoms with van der Waals surface area (Å²) in [5, 5.41) is 14.8. The predicted octanol–water partition coefficient (Wildman–Crippen LogP) is 1.53. The van der Waals surface area contributed by atoms with Gasteiger partial charge in [-0.05, 0) is 50.3 Å². The molecule has 2 heterocycles. The number of aromatic nitrogens is 1. The molecule has 2 rings (SSSR count).